The molecule has 0 aliphatic carbocycles. The van der Waals surface area contributed by atoms with E-state index in [4.69, 9.17) is 5.14 Å². The Bertz CT molecular complexity index is 1200. The van der Waals surface area contributed by atoms with Gasteiger partial charge in [-0.05, 0) is 61.5 Å². The number of halogens is 1. The predicted octanol–water partition coefficient (Wildman–Crippen LogP) is 2.74. The maximum atomic E-state index is 14.8. The first kappa shape index (κ1) is 20.2. The first-order valence-electron chi connectivity index (χ1n) is 9.39. The molecule has 2 aromatic carbocycles. The molecule has 1 amide bonds. The molecule has 0 radical (unpaired) electrons. The molecule has 0 saturated heterocycles. The van der Waals surface area contributed by atoms with Crippen molar-refractivity contribution in [3.8, 4) is 11.4 Å². The number of nitrogens with zero attached hydrogens (tertiary/aromatic N) is 3. The lowest BCUT2D eigenvalue weighted by atomic mass is 10.1. The number of rotatable bonds is 4. The average molecular weight is 429 g/mol. The third kappa shape index (κ3) is 3.59. The fourth-order valence-corrected chi connectivity index (χ4v) is 3.88. The van der Waals surface area contributed by atoms with Crippen molar-refractivity contribution in [2.45, 2.75) is 37.6 Å². The number of phenols is 1. The van der Waals surface area contributed by atoms with Gasteiger partial charge in [0.05, 0.1) is 5.56 Å². The number of carbonyl (C=O) groups is 1. The van der Waals surface area contributed by atoms with Gasteiger partial charge in [-0.2, -0.15) is 4.68 Å². The highest BCUT2D eigenvalue weighted by atomic mass is 32.2. The minimum atomic E-state index is -0.831. The van der Waals surface area contributed by atoms with Crippen molar-refractivity contribution in [1.82, 2.24) is 14.3 Å². The van der Waals surface area contributed by atoms with Crippen LogP contribution in [0.15, 0.2) is 40.0 Å². The molecule has 1 aliphatic heterocycles. The van der Waals surface area contributed by atoms with Crippen LogP contribution in [0.4, 0.5) is 10.1 Å². The molecule has 0 atom stereocenters. The third-order valence-corrected chi connectivity index (χ3v) is 5.62. The Kier molecular flexibility index (Phi) is 5.35. The molecule has 8 nitrogen and oxygen atoms in total. The summed E-state index contributed by atoms with van der Waals surface area (Å²) < 4.78 is 17.3. The molecule has 0 fully saturated rings. The lowest BCUT2D eigenvalue weighted by Crippen LogP contribution is -2.26. The summed E-state index contributed by atoms with van der Waals surface area (Å²) in [7, 11) is 0. The second kappa shape index (κ2) is 7.96. The van der Waals surface area contributed by atoms with Crippen LogP contribution in [-0.4, -0.2) is 25.4 Å². The summed E-state index contributed by atoms with van der Waals surface area (Å²) in [5.74, 6) is -1.37. The summed E-state index contributed by atoms with van der Waals surface area (Å²) in [5.41, 5.74) is 0.375. The van der Waals surface area contributed by atoms with E-state index in [1.165, 1.54) is 4.57 Å². The first-order chi connectivity index (χ1) is 14.4. The van der Waals surface area contributed by atoms with Crippen LogP contribution in [0.25, 0.3) is 5.69 Å². The molecule has 0 unspecified atom stereocenters. The molecule has 4 rings (SSSR count). The Balaban J connectivity index is 1.66. The van der Waals surface area contributed by atoms with Crippen molar-refractivity contribution >= 4 is 23.5 Å². The molecule has 0 spiro atoms. The lowest BCUT2D eigenvalue weighted by Gasteiger charge is -2.12. The van der Waals surface area contributed by atoms with Crippen molar-refractivity contribution in [1.29, 1.82) is 0 Å². The molecule has 0 bridgehead atoms. The zero-order chi connectivity index (χ0) is 21.4. The highest BCUT2D eigenvalue weighted by Crippen LogP contribution is 2.27. The van der Waals surface area contributed by atoms with Crippen LogP contribution in [-0.2, 0) is 13.0 Å². The quantitative estimate of drug-likeness (QED) is 0.550. The van der Waals surface area contributed by atoms with Crippen molar-refractivity contribution in [2.75, 3.05) is 5.32 Å². The van der Waals surface area contributed by atoms with E-state index in [0.717, 1.165) is 52.1 Å². The summed E-state index contributed by atoms with van der Waals surface area (Å²) in [4.78, 5) is 26.0. The van der Waals surface area contributed by atoms with E-state index in [9.17, 15) is 19.1 Å². The predicted molar refractivity (Wildman–Crippen MR) is 112 cm³/mol. The number of hydrogen-bond donors (Lipinski definition) is 3. The monoisotopic (exact) mass is 429 g/mol. The fraction of sp³-hybridized carbons (Fsp3) is 0.250. The molecular weight excluding hydrogens is 409 g/mol. The Morgan fingerprint density at radius 1 is 1.30 bits per heavy atom. The molecule has 30 heavy (non-hydrogen) atoms. The van der Waals surface area contributed by atoms with Gasteiger partial charge in [0, 0.05) is 29.6 Å². The number of nitrogens with one attached hydrogen (secondary N) is 1. The number of fused-ring (bicyclic) bond motifs is 1. The SMILES string of the molecule is Cc1cc(SN)ccc1NC(=O)c1cc(F)c(-n2nc3n(c2=O)CCCC3)cc1O. The number of benzene rings is 2. The molecule has 4 N–H and O–H groups in total. The number of aromatic nitrogens is 3. The molecule has 2 heterocycles. The van der Waals surface area contributed by atoms with Crippen molar-refractivity contribution in [3.63, 3.8) is 0 Å². The van der Waals surface area contributed by atoms with Gasteiger partial charge in [-0.25, -0.2) is 9.18 Å². The Morgan fingerprint density at radius 3 is 2.80 bits per heavy atom. The van der Waals surface area contributed by atoms with E-state index in [1.807, 2.05) is 0 Å². The smallest absolute Gasteiger partial charge is 0.350 e. The van der Waals surface area contributed by atoms with Crippen molar-refractivity contribution in [2.24, 2.45) is 5.14 Å². The van der Waals surface area contributed by atoms with Crippen molar-refractivity contribution in [3.05, 3.63) is 63.6 Å². The average Bonchev–Trinajstić information content (AvgIpc) is 3.07. The minimum Gasteiger partial charge on any atom is -0.507 e. The molecule has 1 aliphatic rings. The molecule has 3 aromatic rings. The number of phenolic OH excluding ortho intramolecular Hbond substituents is 1. The van der Waals surface area contributed by atoms with Crippen LogP contribution in [0.1, 0.15) is 34.6 Å². The zero-order valence-electron chi connectivity index (χ0n) is 16.2. The van der Waals surface area contributed by atoms with Gasteiger partial charge in [-0.1, -0.05) is 0 Å². The Morgan fingerprint density at radius 2 is 2.10 bits per heavy atom. The van der Waals surface area contributed by atoms with Crippen molar-refractivity contribution < 1.29 is 14.3 Å². The number of amides is 1. The topological polar surface area (TPSA) is 115 Å². The zero-order valence-corrected chi connectivity index (χ0v) is 17.0. The van der Waals surface area contributed by atoms with E-state index in [0.29, 0.717) is 24.5 Å². The van der Waals surface area contributed by atoms with E-state index in [2.05, 4.69) is 10.4 Å². The third-order valence-electron chi connectivity index (χ3n) is 5.09. The van der Waals surface area contributed by atoms with Gasteiger partial charge in [0.25, 0.3) is 5.91 Å². The second-order valence-corrected chi connectivity index (χ2v) is 7.80. The van der Waals surface area contributed by atoms with E-state index >= 15 is 0 Å². The van der Waals surface area contributed by atoms with Gasteiger partial charge in [0.1, 0.15) is 23.1 Å². The number of aryl methyl sites for hydroxylation is 2. The number of carbonyl (C=O) groups excluding carboxylic acids is 1. The maximum absolute atomic E-state index is 14.8. The van der Waals surface area contributed by atoms with Crippen LogP contribution in [0, 0.1) is 12.7 Å². The maximum Gasteiger partial charge on any atom is 0.350 e. The fourth-order valence-electron chi connectivity index (χ4n) is 3.49. The summed E-state index contributed by atoms with van der Waals surface area (Å²) in [6.07, 6.45) is 2.40. The highest BCUT2D eigenvalue weighted by molar-refractivity contribution is 7.97. The summed E-state index contributed by atoms with van der Waals surface area (Å²) in [6.45, 7) is 2.33. The van der Waals surface area contributed by atoms with Crippen LogP contribution in [0.3, 0.4) is 0 Å². The Hall–Kier alpha value is -3.11. The summed E-state index contributed by atoms with van der Waals surface area (Å²) in [5, 5.41) is 22.7. The number of nitrogens with two attached hydrogens (primary N) is 1. The second-order valence-electron chi connectivity index (χ2n) is 7.09. The summed E-state index contributed by atoms with van der Waals surface area (Å²) >= 11 is 1.08. The van der Waals surface area contributed by atoms with Gasteiger partial charge in [0.15, 0.2) is 0 Å². The molecular formula is C20H20FN5O3S. The van der Waals surface area contributed by atoms with Crippen LogP contribution >= 0.6 is 11.9 Å². The summed E-state index contributed by atoms with van der Waals surface area (Å²) in [6, 6.07) is 7.18. The van der Waals surface area contributed by atoms with Gasteiger partial charge >= 0.3 is 5.69 Å². The van der Waals surface area contributed by atoms with Gasteiger partial charge in [0.2, 0.25) is 0 Å². The van der Waals surface area contributed by atoms with E-state index < -0.39 is 23.2 Å². The largest absolute Gasteiger partial charge is 0.507 e. The van der Waals surface area contributed by atoms with Crippen LogP contribution in [0.2, 0.25) is 0 Å². The van der Waals surface area contributed by atoms with Crippen LogP contribution < -0.4 is 16.1 Å². The van der Waals surface area contributed by atoms with E-state index in [1.54, 1.807) is 25.1 Å². The lowest BCUT2D eigenvalue weighted by molar-refractivity contribution is 0.102. The minimum absolute atomic E-state index is 0.198. The molecule has 0 saturated carbocycles. The number of anilines is 1. The highest BCUT2D eigenvalue weighted by Gasteiger charge is 2.22. The van der Waals surface area contributed by atoms with Gasteiger partial charge in [-0.15, -0.1) is 5.10 Å². The molecule has 156 valence electrons. The number of hydrogen-bond acceptors (Lipinski definition) is 6. The first-order valence-corrected chi connectivity index (χ1v) is 10.3. The molecule has 10 heteroatoms. The normalized spacial score (nSPS) is 13.2. The van der Waals surface area contributed by atoms with E-state index in [-0.39, 0.29) is 11.3 Å². The number of aromatic hydroxyl groups is 1. The molecule has 1 aromatic heterocycles. The standard InChI is InChI=1S/C20H20FN5O3S/c1-11-8-12(30-22)5-6-15(11)23-19(28)13-9-14(21)16(10-17(13)27)26-20(29)25-7-3-2-4-18(25)24-26/h5-6,8-10,27H,2-4,7,22H2,1H3,(H,23,28). The van der Waals surface area contributed by atoms with Gasteiger partial charge < -0.3 is 10.4 Å². The van der Waals surface area contributed by atoms with Gasteiger partial charge in [-0.3, -0.25) is 14.5 Å². The van der Waals surface area contributed by atoms with Crippen LogP contribution in [0.5, 0.6) is 5.75 Å². The Labute approximate surface area is 175 Å².